The molecular formula is C18H20N4. The minimum Gasteiger partial charge on any atom is -0.368 e. The topological polar surface area (TPSA) is 40.2 Å². The molecule has 2 aromatic rings. The molecule has 3 heterocycles. The van der Waals surface area contributed by atoms with Gasteiger partial charge in [0.25, 0.3) is 0 Å². The van der Waals surface area contributed by atoms with Crippen LogP contribution in [0.4, 0.5) is 0 Å². The fourth-order valence-corrected chi connectivity index (χ4v) is 3.03. The number of dihydropyridines is 1. The van der Waals surface area contributed by atoms with Gasteiger partial charge in [-0.1, -0.05) is 30.3 Å². The van der Waals surface area contributed by atoms with Crippen molar-refractivity contribution in [2.45, 2.75) is 0 Å². The fourth-order valence-electron chi connectivity index (χ4n) is 3.03. The molecule has 2 aliphatic heterocycles. The van der Waals surface area contributed by atoms with Crippen LogP contribution in [0.1, 0.15) is 5.69 Å². The molecular weight excluding hydrogens is 272 g/mol. The van der Waals surface area contributed by atoms with Crippen molar-refractivity contribution in [2.24, 2.45) is 0 Å². The standard InChI is InChI=1S/C18H20N4/c1-2-4-16-14(3-1)5-7-17(21-16)15-6-8-18(20-13-15)22-11-9-19-10-12-22/h1-8,19-20H,9-13H2. The Morgan fingerprint density at radius 2 is 1.82 bits per heavy atom. The van der Waals surface area contributed by atoms with Gasteiger partial charge in [-0.15, -0.1) is 0 Å². The average molecular weight is 292 g/mol. The van der Waals surface area contributed by atoms with Crippen molar-refractivity contribution in [3.05, 3.63) is 60.1 Å². The van der Waals surface area contributed by atoms with Gasteiger partial charge >= 0.3 is 0 Å². The third-order valence-electron chi connectivity index (χ3n) is 4.29. The molecule has 0 atom stereocenters. The molecule has 0 bridgehead atoms. The summed E-state index contributed by atoms with van der Waals surface area (Å²) >= 11 is 0. The molecule has 1 aromatic carbocycles. The molecule has 1 aromatic heterocycles. The van der Waals surface area contributed by atoms with E-state index in [1.54, 1.807) is 0 Å². The Hall–Kier alpha value is -2.33. The van der Waals surface area contributed by atoms with Crippen molar-refractivity contribution in [3.63, 3.8) is 0 Å². The highest BCUT2D eigenvalue weighted by Crippen LogP contribution is 2.20. The average Bonchev–Trinajstić information content (AvgIpc) is 2.62. The molecule has 0 unspecified atom stereocenters. The van der Waals surface area contributed by atoms with Gasteiger partial charge in [0.2, 0.25) is 0 Å². The number of rotatable bonds is 2. The van der Waals surface area contributed by atoms with Crippen LogP contribution in [0.25, 0.3) is 16.5 Å². The highest BCUT2D eigenvalue weighted by Gasteiger charge is 2.16. The van der Waals surface area contributed by atoms with Gasteiger partial charge in [-0.2, -0.15) is 0 Å². The Morgan fingerprint density at radius 3 is 2.64 bits per heavy atom. The maximum atomic E-state index is 4.78. The minimum atomic E-state index is 0.834. The van der Waals surface area contributed by atoms with Gasteiger partial charge in [-0.3, -0.25) is 0 Å². The van der Waals surface area contributed by atoms with E-state index in [-0.39, 0.29) is 0 Å². The molecule has 0 radical (unpaired) electrons. The van der Waals surface area contributed by atoms with E-state index >= 15 is 0 Å². The lowest BCUT2D eigenvalue weighted by atomic mass is 10.1. The van der Waals surface area contributed by atoms with E-state index in [0.717, 1.165) is 43.9 Å². The van der Waals surface area contributed by atoms with E-state index in [1.165, 1.54) is 16.8 Å². The number of benzene rings is 1. The number of nitrogens with one attached hydrogen (secondary N) is 2. The summed E-state index contributed by atoms with van der Waals surface area (Å²) in [6.45, 7) is 5.08. The number of nitrogens with zero attached hydrogens (tertiary/aromatic N) is 2. The van der Waals surface area contributed by atoms with Crippen LogP contribution in [0.2, 0.25) is 0 Å². The van der Waals surface area contributed by atoms with Crippen molar-refractivity contribution in [1.29, 1.82) is 0 Å². The Labute approximate surface area is 130 Å². The maximum absolute atomic E-state index is 4.78. The third kappa shape index (κ3) is 2.57. The highest BCUT2D eigenvalue weighted by atomic mass is 15.3. The Kier molecular flexibility index (Phi) is 3.52. The van der Waals surface area contributed by atoms with Crippen molar-refractivity contribution < 1.29 is 0 Å². The quantitative estimate of drug-likeness (QED) is 0.888. The molecule has 22 heavy (non-hydrogen) atoms. The summed E-state index contributed by atoms with van der Waals surface area (Å²) in [6.07, 6.45) is 4.38. The van der Waals surface area contributed by atoms with E-state index in [9.17, 15) is 0 Å². The zero-order chi connectivity index (χ0) is 14.8. The number of hydrogen-bond acceptors (Lipinski definition) is 4. The first-order valence-corrected chi connectivity index (χ1v) is 7.87. The normalized spacial score (nSPS) is 18.6. The van der Waals surface area contributed by atoms with Crippen molar-refractivity contribution in [3.8, 4) is 0 Å². The number of aromatic nitrogens is 1. The molecule has 1 fully saturated rings. The first-order valence-electron chi connectivity index (χ1n) is 7.87. The van der Waals surface area contributed by atoms with Gasteiger partial charge in [0, 0.05) is 38.1 Å². The molecule has 4 heteroatoms. The van der Waals surface area contributed by atoms with Crippen LogP contribution < -0.4 is 10.6 Å². The molecule has 0 saturated carbocycles. The van der Waals surface area contributed by atoms with E-state index in [2.05, 4.69) is 52.0 Å². The number of hydrogen-bond donors (Lipinski definition) is 2. The summed E-state index contributed by atoms with van der Waals surface area (Å²) in [6, 6.07) is 12.5. The molecule has 0 amide bonds. The van der Waals surface area contributed by atoms with Crippen LogP contribution in [0.5, 0.6) is 0 Å². The summed E-state index contributed by atoms with van der Waals surface area (Å²) in [5.74, 6) is 1.23. The summed E-state index contributed by atoms with van der Waals surface area (Å²) in [4.78, 5) is 7.18. The molecule has 0 aliphatic carbocycles. The van der Waals surface area contributed by atoms with Crippen molar-refractivity contribution >= 4 is 16.5 Å². The molecule has 4 rings (SSSR count). The zero-order valence-electron chi connectivity index (χ0n) is 12.5. The third-order valence-corrected chi connectivity index (χ3v) is 4.29. The summed E-state index contributed by atoms with van der Waals surface area (Å²) in [5.41, 5.74) is 3.35. The second kappa shape index (κ2) is 5.81. The molecule has 0 spiro atoms. The summed E-state index contributed by atoms with van der Waals surface area (Å²) in [7, 11) is 0. The summed E-state index contributed by atoms with van der Waals surface area (Å²) < 4.78 is 0. The number of pyridine rings is 1. The smallest absolute Gasteiger partial charge is 0.102 e. The van der Waals surface area contributed by atoms with E-state index in [1.807, 2.05) is 12.1 Å². The lowest BCUT2D eigenvalue weighted by molar-refractivity contribution is 0.282. The van der Waals surface area contributed by atoms with Crippen LogP contribution in [0, 0.1) is 0 Å². The SMILES string of the molecule is C1=C(c2ccc3ccccc3n2)CNC(N2CCNCC2)=C1. The second-order valence-electron chi connectivity index (χ2n) is 5.72. The Balaban J connectivity index is 1.59. The predicted octanol–water partition coefficient (Wildman–Crippen LogP) is 1.97. The van der Waals surface area contributed by atoms with E-state index < -0.39 is 0 Å². The van der Waals surface area contributed by atoms with E-state index in [4.69, 9.17) is 4.98 Å². The maximum Gasteiger partial charge on any atom is 0.102 e. The zero-order valence-corrected chi connectivity index (χ0v) is 12.5. The van der Waals surface area contributed by atoms with Crippen LogP contribution in [-0.4, -0.2) is 42.6 Å². The number of para-hydroxylation sites is 1. The second-order valence-corrected chi connectivity index (χ2v) is 5.72. The van der Waals surface area contributed by atoms with Crippen LogP contribution >= 0.6 is 0 Å². The number of fused-ring (bicyclic) bond motifs is 1. The predicted molar refractivity (Wildman–Crippen MR) is 90.2 cm³/mol. The lowest BCUT2D eigenvalue weighted by Crippen LogP contribution is -2.46. The lowest BCUT2D eigenvalue weighted by Gasteiger charge is -2.33. The van der Waals surface area contributed by atoms with Crippen LogP contribution in [0.3, 0.4) is 0 Å². The first-order chi connectivity index (χ1) is 10.9. The minimum absolute atomic E-state index is 0.834. The molecule has 2 aliphatic rings. The van der Waals surface area contributed by atoms with Gasteiger partial charge in [0.05, 0.1) is 11.2 Å². The monoisotopic (exact) mass is 292 g/mol. The largest absolute Gasteiger partial charge is 0.368 e. The van der Waals surface area contributed by atoms with Crippen LogP contribution in [0.15, 0.2) is 54.4 Å². The van der Waals surface area contributed by atoms with Gasteiger partial charge in [-0.05, 0) is 23.8 Å². The molecule has 1 saturated heterocycles. The number of allylic oxidation sites excluding steroid dienone is 2. The number of piperazine rings is 1. The summed E-state index contributed by atoms with van der Waals surface area (Å²) in [5, 5.41) is 8.11. The van der Waals surface area contributed by atoms with Crippen molar-refractivity contribution in [1.82, 2.24) is 20.5 Å². The molecule has 4 nitrogen and oxygen atoms in total. The first kappa shape index (κ1) is 13.3. The van der Waals surface area contributed by atoms with Gasteiger partial charge in [0.1, 0.15) is 5.82 Å². The highest BCUT2D eigenvalue weighted by molar-refractivity contribution is 5.81. The Morgan fingerprint density at radius 1 is 0.955 bits per heavy atom. The van der Waals surface area contributed by atoms with Crippen LogP contribution in [-0.2, 0) is 0 Å². The fraction of sp³-hybridized carbons (Fsp3) is 0.278. The van der Waals surface area contributed by atoms with Gasteiger partial charge in [0.15, 0.2) is 0 Å². The Bertz CT molecular complexity index is 742. The molecule has 112 valence electrons. The van der Waals surface area contributed by atoms with Gasteiger partial charge in [-0.25, -0.2) is 4.98 Å². The van der Waals surface area contributed by atoms with Crippen molar-refractivity contribution in [2.75, 3.05) is 32.7 Å². The van der Waals surface area contributed by atoms with Gasteiger partial charge < -0.3 is 15.5 Å². The molecule has 2 N–H and O–H groups in total. The van der Waals surface area contributed by atoms with E-state index in [0.29, 0.717) is 0 Å².